The summed E-state index contributed by atoms with van der Waals surface area (Å²) in [5, 5.41) is 0. The molecule has 0 aliphatic carbocycles. The van der Waals surface area contributed by atoms with Gasteiger partial charge in [0.2, 0.25) is 5.89 Å². The molecule has 2 heterocycles. The van der Waals surface area contributed by atoms with Crippen LogP contribution in [0.5, 0.6) is 0 Å². The molecule has 0 saturated heterocycles. The van der Waals surface area contributed by atoms with Gasteiger partial charge in [-0.3, -0.25) is 0 Å². The van der Waals surface area contributed by atoms with Crippen molar-refractivity contribution in [1.82, 2.24) is 9.97 Å². The van der Waals surface area contributed by atoms with Gasteiger partial charge in [-0.2, -0.15) is 0 Å². The second-order valence-corrected chi connectivity index (χ2v) is 4.30. The van der Waals surface area contributed by atoms with Crippen molar-refractivity contribution in [2.45, 2.75) is 6.61 Å². The van der Waals surface area contributed by atoms with Crippen LogP contribution >= 0.6 is 0 Å². The van der Waals surface area contributed by atoms with E-state index in [0.29, 0.717) is 11.6 Å². The number of esters is 1. The van der Waals surface area contributed by atoms with E-state index in [2.05, 4.69) is 9.97 Å². The fraction of sp³-hybridized carbons (Fsp3) is 0.0625. The summed E-state index contributed by atoms with van der Waals surface area (Å²) in [5.74, 6) is 0.0133. The highest BCUT2D eigenvalue weighted by Crippen LogP contribution is 2.18. The van der Waals surface area contributed by atoms with Crippen molar-refractivity contribution in [3.63, 3.8) is 0 Å². The molecule has 21 heavy (non-hydrogen) atoms. The van der Waals surface area contributed by atoms with Crippen LogP contribution in [-0.4, -0.2) is 15.9 Å². The van der Waals surface area contributed by atoms with Gasteiger partial charge in [-0.1, -0.05) is 24.3 Å². The van der Waals surface area contributed by atoms with Crippen LogP contribution in [0.1, 0.15) is 16.2 Å². The van der Waals surface area contributed by atoms with Crippen molar-refractivity contribution >= 4 is 5.97 Å². The van der Waals surface area contributed by atoms with Crippen molar-refractivity contribution in [3.8, 4) is 11.5 Å². The quantitative estimate of drug-likeness (QED) is 0.687. The Morgan fingerprint density at radius 1 is 1.10 bits per heavy atom. The Balaban J connectivity index is 1.64. The second kappa shape index (κ2) is 6.00. The van der Waals surface area contributed by atoms with Crippen LogP contribution < -0.4 is 0 Å². The van der Waals surface area contributed by atoms with Crippen molar-refractivity contribution < 1.29 is 13.9 Å². The maximum atomic E-state index is 11.8. The van der Waals surface area contributed by atoms with E-state index >= 15 is 0 Å². The van der Waals surface area contributed by atoms with Crippen LogP contribution in [0.2, 0.25) is 0 Å². The van der Waals surface area contributed by atoms with Gasteiger partial charge in [0.15, 0.2) is 0 Å². The number of pyridine rings is 1. The molecule has 5 heteroatoms. The van der Waals surface area contributed by atoms with Gasteiger partial charge >= 0.3 is 5.97 Å². The first kappa shape index (κ1) is 13.1. The number of oxazole rings is 1. The topological polar surface area (TPSA) is 65.2 Å². The number of rotatable bonds is 4. The average molecular weight is 280 g/mol. The molecule has 3 rings (SSSR count). The summed E-state index contributed by atoms with van der Waals surface area (Å²) in [5.41, 5.74) is 1.70. The van der Waals surface area contributed by atoms with Crippen molar-refractivity contribution in [2.75, 3.05) is 0 Å². The Hall–Kier alpha value is -2.95. The minimum Gasteiger partial charge on any atom is -0.454 e. The molecule has 0 aliphatic rings. The summed E-state index contributed by atoms with van der Waals surface area (Å²) >= 11 is 0. The molecule has 0 unspecified atom stereocenters. The molecule has 0 aliphatic heterocycles. The first-order valence-electron chi connectivity index (χ1n) is 6.41. The van der Waals surface area contributed by atoms with Crippen molar-refractivity contribution in [2.24, 2.45) is 0 Å². The summed E-state index contributed by atoms with van der Waals surface area (Å²) in [6.45, 7) is 0.0474. The Morgan fingerprint density at radius 3 is 2.67 bits per heavy atom. The molecule has 0 N–H and O–H groups in total. The Kier molecular flexibility index (Phi) is 3.73. The fourth-order valence-electron chi connectivity index (χ4n) is 1.78. The number of benzene rings is 1. The lowest BCUT2D eigenvalue weighted by Crippen LogP contribution is -2.07. The van der Waals surface area contributed by atoms with E-state index < -0.39 is 5.97 Å². The number of nitrogens with zero attached hydrogens (tertiary/aromatic N) is 2. The van der Waals surface area contributed by atoms with E-state index in [-0.39, 0.29) is 12.3 Å². The van der Waals surface area contributed by atoms with E-state index in [1.165, 1.54) is 6.26 Å². The molecule has 3 aromatic rings. The standard InChI is InChI=1S/C16H12N2O3/c19-16(14-8-4-5-9-17-14)21-11-13-10-20-15(18-13)12-6-2-1-3-7-12/h1-10H,11H2. The first-order valence-corrected chi connectivity index (χ1v) is 6.41. The van der Waals surface area contributed by atoms with Gasteiger partial charge < -0.3 is 9.15 Å². The first-order chi connectivity index (χ1) is 10.3. The Bertz CT molecular complexity index is 724. The Labute approximate surface area is 121 Å². The predicted octanol–water partition coefficient (Wildman–Crippen LogP) is 3.09. The van der Waals surface area contributed by atoms with Crippen LogP contribution in [0, 0.1) is 0 Å². The summed E-state index contributed by atoms with van der Waals surface area (Å²) < 4.78 is 10.5. The van der Waals surface area contributed by atoms with Crippen molar-refractivity contribution in [1.29, 1.82) is 0 Å². The predicted molar refractivity (Wildman–Crippen MR) is 75.3 cm³/mol. The molecule has 1 aromatic carbocycles. The molecule has 0 spiro atoms. The number of hydrogen-bond acceptors (Lipinski definition) is 5. The number of ether oxygens (including phenoxy) is 1. The molecule has 0 radical (unpaired) electrons. The van der Waals surface area contributed by atoms with Gasteiger partial charge in [0.05, 0.1) is 0 Å². The highest BCUT2D eigenvalue weighted by atomic mass is 16.5. The zero-order valence-corrected chi connectivity index (χ0v) is 11.1. The number of hydrogen-bond donors (Lipinski definition) is 0. The van der Waals surface area contributed by atoms with Gasteiger partial charge in [-0.05, 0) is 24.3 Å². The van der Waals surface area contributed by atoms with Crippen LogP contribution in [0.3, 0.4) is 0 Å². The molecule has 0 atom stereocenters. The second-order valence-electron chi connectivity index (χ2n) is 4.30. The summed E-state index contributed by atoms with van der Waals surface area (Å²) in [6, 6.07) is 14.6. The van der Waals surface area contributed by atoms with E-state index in [0.717, 1.165) is 5.56 Å². The SMILES string of the molecule is O=C(OCc1coc(-c2ccccc2)n1)c1ccccn1. The van der Waals surface area contributed by atoms with Crippen LogP contribution in [0.25, 0.3) is 11.5 Å². The maximum absolute atomic E-state index is 11.8. The maximum Gasteiger partial charge on any atom is 0.357 e. The van der Waals surface area contributed by atoms with Gasteiger partial charge in [0, 0.05) is 11.8 Å². The third-order valence-electron chi connectivity index (χ3n) is 2.80. The Morgan fingerprint density at radius 2 is 1.90 bits per heavy atom. The lowest BCUT2D eigenvalue weighted by molar-refractivity contribution is 0.0461. The van der Waals surface area contributed by atoms with E-state index in [1.54, 1.807) is 24.4 Å². The zero-order chi connectivity index (χ0) is 14.5. The van der Waals surface area contributed by atoms with Gasteiger partial charge in [0.25, 0.3) is 0 Å². The third-order valence-corrected chi connectivity index (χ3v) is 2.80. The number of carbonyl (C=O) groups is 1. The molecule has 0 amide bonds. The molecule has 104 valence electrons. The van der Waals surface area contributed by atoms with E-state index in [9.17, 15) is 4.79 Å². The van der Waals surface area contributed by atoms with Gasteiger partial charge in [0.1, 0.15) is 24.3 Å². The highest BCUT2D eigenvalue weighted by molar-refractivity contribution is 5.87. The molecule has 5 nitrogen and oxygen atoms in total. The summed E-state index contributed by atoms with van der Waals surface area (Å²) in [7, 11) is 0. The minimum absolute atomic E-state index is 0.0474. The van der Waals surface area contributed by atoms with E-state index in [1.807, 2.05) is 30.3 Å². The summed E-state index contributed by atoms with van der Waals surface area (Å²) in [4.78, 5) is 20.0. The van der Waals surface area contributed by atoms with Gasteiger partial charge in [-0.15, -0.1) is 0 Å². The largest absolute Gasteiger partial charge is 0.454 e. The highest BCUT2D eigenvalue weighted by Gasteiger charge is 2.11. The smallest absolute Gasteiger partial charge is 0.357 e. The van der Waals surface area contributed by atoms with Crippen LogP contribution in [0.4, 0.5) is 0 Å². The third kappa shape index (κ3) is 3.14. The lowest BCUT2D eigenvalue weighted by atomic mass is 10.2. The molecular weight excluding hydrogens is 268 g/mol. The molecule has 0 saturated carbocycles. The van der Waals surface area contributed by atoms with Crippen LogP contribution in [0.15, 0.2) is 65.4 Å². The molecule has 2 aromatic heterocycles. The molecule has 0 bridgehead atoms. The number of aromatic nitrogens is 2. The van der Waals surface area contributed by atoms with Crippen molar-refractivity contribution in [3.05, 3.63) is 72.4 Å². The average Bonchev–Trinajstić information content (AvgIpc) is 3.03. The van der Waals surface area contributed by atoms with Gasteiger partial charge in [-0.25, -0.2) is 14.8 Å². The molecular formula is C16H12N2O3. The monoisotopic (exact) mass is 280 g/mol. The van der Waals surface area contributed by atoms with Crippen LogP contribution in [-0.2, 0) is 11.3 Å². The van der Waals surface area contributed by atoms with E-state index in [4.69, 9.17) is 9.15 Å². The fourth-order valence-corrected chi connectivity index (χ4v) is 1.78. The normalized spacial score (nSPS) is 10.3. The minimum atomic E-state index is -0.486. The lowest BCUT2D eigenvalue weighted by Gasteiger charge is -2.00. The molecule has 0 fully saturated rings. The number of carbonyl (C=O) groups excluding carboxylic acids is 1. The zero-order valence-electron chi connectivity index (χ0n) is 11.1. The summed E-state index contributed by atoms with van der Waals surface area (Å²) in [6.07, 6.45) is 3.02.